The molecule has 0 saturated heterocycles. The van der Waals surface area contributed by atoms with E-state index in [4.69, 9.17) is 0 Å². The zero-order valence-corrected chi connectivity index (χ0v) is 8.03. The van der Waals surface area contributed by atoms with Crippen LogP contribution in [0.25, 0.3) is 0 Å². The summed E-state index contributed by atoms with van der Waals surface area (Å²) in [6, 6.07) is 0. The predicted octanol–water partition coefficient (Wildman–Crippen LogP) is -0.617. The van der Waals surface area contributed by atoms with Gasteiger partial charge in [-0.1, -0.05) is 18.9 Å². The molecule has 0 amide bonds. The molecule has 0 radical (unpaired) electrons. The van der Waals surface area contributed by atoms with E-state index in [0.29, 0.717) is 12.8 Å². The maximum Gasteiger partial charge on any atom is 0.0639 e. The van der Waals surface area contributed by atoms with Gasteiger partial charge in [-0.2, -0.15) is 0 Å². The molecule has 4 heteroatoms. The van der Waals surface area contributed by atoms with Gasteiger partial charge in [0.25, 0.3) is 0 Å². The Bertz CT molecular complexity index is 208. The van der Waals surface area contributed by atoms with Crippen molar-refractivity contribution in [3.63, 3.8) is 0 Å². The lowest BCUT2D eigenvalue weighted by Gasteiger charge is -2.00. The van der Waals surface area contributed by atoms with Crippen molar-refractivity contribution in [1.82, 2.24) is 0 Å². The van der Waals surface area contributed by atoms with Crippen LogP contribution in [0.4, 0.5) is 0 Å². The van der Waals surface area contributed by atoms with E-state index in [0.717, 1.165) is 25.3 Å². The number of hydrogen-bond donors (Lipinski definition) is 0. The van der Waals surface area contributed by atoms with E-state index in [9.17, 15) is 19.8 Å². The fourth-order valence-electron chi connectivity index (χ4n) is 1.06. The third kappa shape index (κ3) is 10.7. The topological polar surface area (TPSA) is 80.3 Å². The van der Waals surface area contributed by atoms with Gasteiger partial charge in [-0.15, -0.1) is 0 Å². The summed E-state index contributed by atoms with van der Waals surface area (Å²) in [7, 11) is 0. The lowest BCUT2D eigenvalue weighted by atomic mass is 10.1. The summed E-state index contributed by atoms with van der Waals surface area (Å²) in [6.07, 6.45) is 6.62. The lowest BCUT2D eigenvalue weighted by molar-refractivity contribution is -0.306. The van der Waals surface area contributed by atoms with Gasteiger partial charge < -0.3 is 19.8 Å². The van der Waals surface area contributed by atoms with Gasteiger partial charge in [0.2, 0.25) is 0 Å². The first-order valence-corrected chi connectivity index (χ1v) is 4.70. The number of unbranched alkanes of at least 4 members (excludes halogenated alkanes) is 4. The van der Waals surface area contributed by atoms with Crippen LogP contribution < -0.4 is 10.2 Å². The van der Waals surface area contributed by atoms with Crippen molar-refractivity contribution in [3.8, 4) is 0 Å². The van der Waals surface area contributed by atoms with Gasteiger partial charge in [0, 0.05) is 5.97 Å². The molecule has 0 saturated carbocycles. The number of carbonyl (C=O) groups is 2. The highest BCUT2D eigenvalue weighted by Gasteiger charge is 1.89. The summed E-state index contributed by atoms with van der Waals surface area (Å²) in [5.41, 5.74) is 0. The van der Waals surface area contributed by atoms with E-state index in [1.54, 1.807) is 6.08 Å². The summed E-state index contributed by atoms with van der Waals surface area (Å²) in [5.74, 6) is -2.19. The van der Waals surface area contributed by atoms with E-state index in [1.165, 1.54) is 0 Å². The first-order valence-electron chi connectivity index (χ1n) is 4.70. The Morgan fingerprint density at radius 3 is 2.21 bits per heavy atom. The second-order valence-corrected chi connectivity index (χ2v) is 3.05. The summed E-state index contributed by atoms with van der Waals surface area (Å²) in [6.45, 7) is 0. The Kier molecular flexibility index (Phi) is 7.50. The van der Waals surface area contributed by atoms with Gasteiger partial charge in [-0.05, 0) is 31.8 Å². The predicted molar refractivity (Wildman–Crippen MR) is 46.9 cm³/mol. The second-order valence-electron chi connectivity index (χ2n) is 3.05. The van der Waals surface area contributed by atoms with Crippen molar-refractivity contribution in [1.29, 1.82) is 0 Å². The molecule has 0 bridgehead atoms. The number of carboxylic acids is 2. The molecule has 0 heterocycles. The Morgan fingerprint density at radius 2 is 1.64 bits per heavy atom. The van der Waals surface area contributed by atoms with Gasteiger partial charge in [0.1, 0.15) is 0 Å². The van der Waals surface area contributed by atoms with Crippen LogP contribution in [0.2, 0.25) is 0 Å². The standard InChI is InChI=1S/C10H16O4/c11-9(12)7-5-3-1-2-4-6-8-10(13)14/h5,7H,1-4,6,8H2,(H,11,12)(H,13,14)/p-2/b7-5+. The van der Waals surface area contributed by atoms with E-state index < -0.39 is 11.9 Å². The molecule has 0 aromatic heterocycles. The third-order valence-electron chi connectivity index (χ3n) is 1.76. The SMILES string of the molecule is O=C([O-])/C=C/CCCCCCC(=O)[O-]. The van der Waals surface area contributed by atoms with Gasteiger partial charge in [-0.3, -0.25) is 0 Å². The molecule has 0 aliphatic carbocycles. The molecule has 80 valence electrons. The Balaban J connectivity index is 3.14. The fourth-order valence-corrected chi connectivity index (χ4v) is 1.06. The zero-order chi connectivity index (χ0) is 10.8. The number of carbonyl (C=O) groups excluding carboxylic acids is 2. The number of allylic oxidation sites excluding steroid dienone is 1. The highest BCUT2D eigenvalue weighted by atomic mass is 16.4. The summed E-state index contributed by atoms with van der Waals surface area (Å²) in [5, 5.41) is 20.0. The molecular formula is C10H14O4-2. The number of hydrogen-bond acceptors (Lipinski definition) is 4. The molecule has 0 spiro atoms. The van der Waals surface area contributed by atoms with Crippen molar-refractivity contribution in [2.75, 3.05) is 0 Å². The van der Waals surface area contributed by atoms with Crippen LogP contribution >= 0.6 is 0 Å². The molecule has 0 rings (SSSR count). The molecule has 0 aromatic rings. The number of rotatable bonds is 8. The molecule has 0 N–H and O–H groups in total. The first-order chi connectivity index (χ1) is 6.63. The van der Waals surface area contributed by atoms with Crippen LogP contribution in [0, 0.1) is 0 Å². The van der Waals surface area contributed by atoms with Gasteiger partial charge in [0.15, 0.2) is 0 Å². The van der Waals surface area contributed by atoms with Gasteiger partial charge in [-0.25, -0.2) is 0 Å². The minimum absolute atomic E-state index is 0.106. The van der Waals surface area contributed by atoms with Crippen molar-refractivity contribution >= 4 is 11.9 Å². The van der Waals surface area contributed by atoms with Crippen LogP contribution in [0.5, 0.6) is 0 Å². The quantitative estimate of drug-likeness (QED) is 0.384. The highest BCUT2D eigenvalue weighted by molar-refractivity contribution is 5.77. The van der Waals surface area contributed by atoms with Crippen molar-refractivity contribution in [3.05, 3.63) is 12.2 Å². The molecule has 0 aromatic carbocycles. The number of aliphatic carboxylic acids is 2. The van der Waals surface area contributed by atoms with Crippen LogP contribution in [-0.4, -0.2) is 11.9 Å². The maximum atomic E-state index is 10.0. The van der Waals surface area contributed by atoms with Gasteiger partial charge in [0.05, 0.1) is 5.97 Å². The fraction of sp³-hybridized carbons (Fsp3) is 0.600. The normalized spacial score (nSPS) is 10.6. The average molecular weight is 198 g/mol. The van der Waals surface area contributed by atoms with E-state index in [1.807, 2.05) is 0 Å². The molecule has 14 heavy (non-hydrogen) atoms. The largest absolute Gasteiger partial charge is 0.550 e. The van der Waals surface area contributed by atoms with Crippen LogP contribution in [0.3, 0.4) is 0 Å². The maximum absolute atomic E-state index is 10.0. The molecule has 0 unspecified atom stereocenters. The van der Waals surface area contributed by atoms with Crippen LogP contribution in [0.1, 0.15) is 38.5 Å². The average Bonchev–Trinajstić information content (AvgIpc) is 2.08. The third-order valence-corrected chi connectivity index (χ3v) is 1.76. The Morgan fingerprint density at radius 1 is 1.00 bits per heavy atom. The monoisotopic (exact) mass is 198 g/mol. The minimum Gasteiger partial charge on any atom is -0.550 e. The minimum atomic E-state index is -1.18. The molecule has 4 nitrogen and oxygen atoms in total. The van der Waals surface area contributed by atoms with Crippen molar-refractivity contribution in [2.45, 2.75) is 38.5 Å². The lowest BCUT2D eigenvalue weighted by Crippen LogP contribution is -2.21. The van der Waals surface area contributed by atoms with E-state index in [2.05, 4.69) is 0 Å². The molecule has 0 aliphatic heterocycles. The highest BCUT2D eigenvalue weighted by Crippen LogP contribution is 2.05. The molecule has 0 atom stereocenters. The zero-order valence-electron chi connectivity index (χ0n) is 8.03. The van der Waals surface area contributed by atoms with Crippen molar-refractivity contribution < 1.29 is 19.8 Å². The number of carboxylic acid groups (broad SMARTS) is 2. The molecule has 0 aliphatic rings. The first kappa shape index (κ1) is 12.7. The van der Waals surface area contributed by atoms with Crippen LogP contribution in [0.15, 0.2) is 12.2 Å². The summed E-state index contributed by atoms with van der Waals surface area (Å²) < 4.78 is 0. The Hall–Kier alpha value is -1.32. The molecular weight excluding hydrogens is 184 g/mol. The molecule has 0 fully saturated rings. The van der Waals surface area contributed by atoms with E-state index >= 15 is 0 Å². The summed E-state index contributed by atoms with van der Waals surface area (Å²) in [4.78, 5) is 20.0. The van der Waals surface area contributed by atoms with Crippen molar-refractivity contribution in [2.24, 2.45) is 0 Å². The smallest absolute Gasteiger partial charge is 0.0639 e. The van der Waals surface area contributed by atoms with Gasteiger partial charge >= 0.3 is 0 Å². The van der Waals surface area contributed by atoms with E-state index in [-0.39, 0.29) is 6.42 Å². The van der Waals surface area contributed by atoms with Crippen LogP contribution in [-0.2, 0) is 9.59 Å². The Labute approximate surface area is 83.2 Å². The summed E-state index contributed by atoms with van der Waals surface area (Å²) >= 11 is 0. The second kappa shape index (κ2) is 8.29.